The summed E-state index contributed by atoms with van der Waals surface area (Å²) in [7, 11) is 0. The second-order valence-electron chi connectivity index (χ2n) is 3.62. The number of carbonyl (C=O) groups is 1. The smallest absolute Gasteiger partial charge is 0.220 e. The van der Waals surface area contributed by atoms with Crippen molar-refractivity contribution < 1.29 is 14.3 Å². The van der Waals surface area contributed by atoms with E-state index in [1.807, 2.05) is 34.6 Å². The summed E-state index contributed by atoms with van der Waals surface area (Å²) in [6.45, 7) is 15.2. The van der Waals surface area contributed by atoms with Gasteiger partial charge in [-0.05, 0) is 13.3 Å². The molecule has 20 heavy (non-hydrogen) atoms. The van der Waals surface area contributed by atoms with Gasteiger partial charge in [-0.15, -0.1) is 0 Å². The first kappa shape index (κ1) is 24.4. The van der Waals surface area contributed by atoms with E-state index >= 15 is 0 Å². The van der Waals surface area contributed by atoms with Crippen molar-refractivity contribution in [3.8, 4) is 0 Å². The van der Waals surface area contributed by atoms with Gasteiger partial charge in [0, 0.05) is 19.6 Å². The zero-order chi connectivity index (χ0) is 16.1. The summed E-state index contributed by atoms with van der Waals surface area (Å²) >= 11 is 0. The van der Waals surface area contributed by atoms with E-state index in [9.17, 15) is 4.79 Å². The quantitative estimate of drug-likeness (QED) is 0.589. The van der Waals surface area contributed by atoms with Crippen molar-refractivity contribution >= 4 is 5.91 Å². The molecule has 0 atom stereocenters. The Balaban J connectivity index is -0.000000656. The van der Waals surface area contributed by atoms with Crippen molar-refractivity contribution in [1.29, 1.82) is 0 Å². The van der Waals surface area contributed by atoms with Crippen molar-refractivity contribution in [2.45, 2.75) is 67.2 Å². The maximum Gasteiger partial charge on any atom is 0.220 e. The first-order valence-corrected chi connectivity index (χ1v) is 8.23. The summed E-state index contributed by atoms with van der Waals surface area (Å²) in [5.74, 6) is 0.127. The van der Waals surface area contributed by atoms with Gasteiger partial charge in [-0.2, -0.15) is 0 Å². The fraction of sp³-hybridized carbons (Fsp3) is 0.938. The van der Waals surface area contributed by atoms with E-state index in [2.05, 4.69) is 12.2 Å². The van der Waals surface area contributed by atoms with E-state index in [-0.39, 0.29) is 5.91 Å². The Kier molecular flexibility index (Phi) is 32.8. The molecule has 0 aromatic carbocycles. The predicted octanol–water partition coefficient (Wildman–Crippen LogP) is 3.79. The summed E-state index contributed by atoms with van der Waals surface area (Å²) in [4.78, 5) is 11.3. The SMILES string of the molecule is CC.CC.CCCCCC(=O)NCCOCCOCC. The van der Waals surface area contributed by atoms with Crippen molar-refractivity contribution in [1.82, 2.24) is 5.32 Å². The lowest BCUT2D eigenvalue weighted by Gasteiger charge is -2.06. The summed E-state index contributed by atoms with van der Waals surface area (Å²) in [6, 6.07) is 0. The molecule has 0 aromatic rings. The van der Waals surface area contributed by atoms with Crippen LogP contribution in [0.5, 0.6) is 0 Å². The first-order valence-electron chi connectivity index (χ1n) is 8.23. The molecule has 4 heteroatoms. The van der Waals surface area contributed by atoms with Crippen molar-refractivity contribution in [3.63, 3.8) is 0 Å². The largest absolute Gasteiger partial charge is 0.379 e. The molecule has 0 rings (SSSR count). The van der Waals surface area contributed by atoms with Crippen molar-refractivity contribution in [3.05, 3.63) is 0 Å². The van der Waals surface area contributed by atoms with E-state index in [4.69, 9.17) is 9.47 Å². The lowest BCUT2D eigenvalue weighted by atomic mass is 10.2. The summed E-state index contributed by atoms with van der Waals surface area (Å²) in [6.07, 6.45) is 3.88. The van der Waals surface area contributed by atoms with Crippen LogP contribution in [0.2, 0.25) is 0 Å². The second-order valence-corrected chi connectivity index (χ2v) is 3.62. The number of nitrogens with one attached hydrogen (secondary N) is 1. The van der Waals surface area contributed by atoms with Crippen LogP contribution in [0.4, 0.5) is 0 Å². The fourth-order valence-electron chi connectivity index (χ4n) is 1.25. The molecule has 0 fully saturated rings. The Bertz CT molecular complexity index is 164. The maximum atomic E-state index is 11.3. The highest BCUT2D eigenvalue weighted by molar-refractivity contribution is 5.75. The van der Waals surface area contributed by atoms with Crippen LogP contribution < -0.4 is 5.32 Å². The van der Waals surface area contributed by atoms with Crippen molar-refractivity contribution in [2.75, 3.05) is 33.0 Å². The molecule has 4 nitrogen and oxygen atoms in total. The minimum absolute atomic E-state index is 0.127. The van der Waals surface area contributed by atoms with Gasteiger partial charge in [0.05, 0.1) is 19.8 Å². The molecule has 0 aliphatic heterocycles. The number of unbranched alkanes of at least 4 members (excludes halogenated alkanes) is 2. The maximum absolute atomic E-state index is 11.3. The summed E-state index contributed by atoms with van der Waals surface area (Å²) in [5, 5.41) is 2.83. The molecular formula is C16H37NO3. The van der Waals surface area contributed by atoms with E-state index < -0.39 is 0 Å². The third kappa shape index (κ3) is 26.1. The van der Waals surface area contributed by atoms with Gasteiger partial charge in [0.15, 0.2) is 0 Å². The normalized spacial score (nSPS) is 8.90. The molecule has 0 spiro atoms. The van der Waals surface area contributed by atoms with Crippen LogP contribution in [0.15, 0.2) is 0 Å². The number of rotatable bonds is 11. The predicted molar refractivity (Wildman–Crippen MR) is 87.2 cm³/mol. The number of hydrogen-bond donors (Lipinski definition) is 1. The van der Waals surface area contributed by atoms with Gasteiger partial charge >= 0.3 is 0 Å². The Morgan fingerprint density at radius 2 is 1.50 bits per heavy atom. The Morgan fingerprint density at radius 1 is 0.900 bits per heavy atom. The monoisotopic (exact) mass is 291 g/mol. The Morgan fingerprint density at radius 3 is 2.05 bits per heavy atom. The van der Waals surface area contributed by atoms with Gasteiger partial charge in [0.25, 0.3) is 0 Å². The van der Waals surface area contributed by atoms with Crippen LogP contribution >= 0.6 is 0 Å². The molecular weight excluding hydrogens is 254 g/mol. The van der Waals surface area contributed by atoms with Crippen molar-refractivity contribution in [2.24, 2.45) is 0 Å². The number of hydrogen-bond acceptors (Lipinski definition) is 3. The van der Waals surface area contributed by atoms with Gasteiger partial charge in [-0.25, -0.2) is 0 Å². The van der Waals surface area contributed by atoms with E-state index in [1.54, 1.807) is 0 Å². The zero-order valence-corrected chi connectivity index (χ0v) is 14.6. The standard InChI is InChI=1S/C12H25NO3.2C2H6/c1-3-5-6-7-12(14)13-8-9-16-11-10-15-4-2;2*1-2/h3-11H2,1-2H3,(H,13,14);2*1-2H3. The van der Waals surface area contributed by atoms with Crippen LogP contribution in [-0.2, 0) is 14.3 Å². The van der Waals surface area contributed by atoms with Crippen LogP contribution in [0.1, 0.15) is 67.2 Å². The summed E-state index contributed by atoms with van der Waals surface area (Å²) < 4.78 is 10.4. The van der Waals surface area contributed by atoms with Crippen LogP contribution in [0.25, 0.3) is 0 Å². The highest BCUT2D eigenvalue weighted by Crippen LogP contribution is 1.97. The average molecular weight is 291 g/mol. The fourth-order valence-corrected chi connectivity index (χ4v) is 1.25. The molecule has 0 heterocycles. The molecule has 1 amide bonds. The van der Waals surface area contributed by atoms with E-state index in [0.29, 0.717) is 32.8 Å². The Labute approximate surface area is 126 Å². The summed E-state index contributed by atoms with van der Waals surface area (Å²) in [5.41, 5.74) is 0. The second kappa shape index (κ2) is 26.9. The molecule has 0 saturated carbocycles. The third-order valence-corrected chi connectivity index (χ3v) is 2.15. The van der Waals surface area contributed by atoms with Gasteiger partial charge in [-0.1, -0.05) is 47.5 Å². The lowest BCUT2D eigenvalue weighted by molar-refractivity contribution is -0.121. The van der Waals surface area contributed by atoms with Gasteiger partial charge in [0.1, 0.15) is 0 Å². The van der Waals surface area contributed by atoms with Gasteiger partial charge in [0.2, 0.25) is 5.91 Å². The molecule has 0 aromatic heterocycles. The molecule has 0 bridgehead atoms. The van der Waals surface area contributed by atoms with Crippen LogP contribution in [-0.4, -0.2) is 38.9 Å². The minimum Gasteiger partial charge on any atom is -0.379 e. The molecule has 0 aliphatic rings. The van der Waals surface area contributed by atoms with Crippen LogP contribution in [0, 0.1) is 0 Å². The van der Waals surface area contributed by atoms with E-state index in [1.165, 1.54) is 0 Å². The first-order chi connectivity index (χ1) is 9.81. The number of ether oxygens (including phenoxy) is 2. The molecule has 0 radical (unpaired) electrons. The molecule has 0 saturated heterocycles. The number of carbonyl (C=O) groups excluding carboxylic acids is 1. The zero-order valence-electron chi connectivity index (χ0n) is 14.6. The molecule has 1 N–H and O–H groups in total. The molecule has 124 valence electrons. The molecule has 0 aliphatic carbocycles. The highest BCUT2D eigenvalue weighted by Gasteiger charge is 1.99. The number of amides is 1. The van der Waals surface area contributed by atoms with Gasteiger partial charge in [-0.3, -0.25) is 4.79 Å². The van der Waals surface area contributed by atoms with Gasteiger partial charge < -0.3 is 14.8 Å². The molecule has 0 unspecified atom stereocenters. The minimum atomic E-state index is 0.127. The average Bonchev–Trinajstić information content (AvgIpc) is 2.51. The Hall–Kier alpha value is -0.610. The third-order valence-electron chi connectivity index (χ3n) is 2.15. The van der Waals surface area contributed by atoms with Crippen LogP contribution in [0.3, 0.4) is 0 Å². The highest BCUT2D eigenvalue weighted by atomic mass is 16.5. The lowest BCUT2D eigenvalue weighted by Crippen LogP contribution is -2.27. The van der Waals surface area contributed by atoms with E-state index in [0.717, 1.165) is 25.9 Å². The topological polar surface area (TPSA) is 47.6 Å².